The van der Waals surface area contributed by atoms with Gasteiger partial charge in [-0.25, -0.2) is 4.98 Å². The Kier molecular flexibility index (Phi) is 2.86. The van der Waals surface area contributed by atoms with Crippen LogP contribution in [0.25, 0.3) is 11.2 Å². The van der Waals surface area contributed by atoms with Gasteiger partial charge in [0, 0.05) is 5.03 Å². The van der Waals surface area contributed by atoms with Gasteiger partial charge in [-0.1, -0.05) is 11.6 Å². The zero-order valence-electron chi connectivity index (χ0n) is 9.40. The van der Waals surface area contributed by atoms with Crippen LogP contribution in [0.5, 0.6) is 0 Å². The quantitative estimate of drug-likeness (QED) is 0.660. The molecule has 2 aromatic rings. The van der Waals surface area contributed by atoms with E-state index < -0.39 is 18.2 Å². The number of fused-ring (bicyclic) bond motifs is 1. The van der Waals surface area contributed by atoms with E-state index in [2.05, 4.69) is 15.0 Å². The molecule has 2 aromatic heterocycles. The van der Waals surface area contributed by atoms with Gasteiger partial charge < -0.3 is 20.5 Å². The van der Waals surface area contributed by atoms with Crippen molar-refractivity contribution in [1.29, 1.82) is 0 Å². The van der Waals surface area contributed by atoms with Gasteiger partial charge in [-0.05, 0) is 17.7 Å². The van der Waals surface area contributed by atoms with Gasteiger partial charge in [0.1, 0.15) is 23.8 Å². The number of nitrogens with zero attached hydrogens (tertiary/aromatic N) is 4. The van der Waals surface area contributed by atoms with Gasteiger partial charge in [-0.15, -0.1) is 0 Å². The van der Waals surface area contributed by atoms with Crippen LogP contribution in [-0.4, -0.2) is 41.9 Å². The molecule has 1 aliphatic rings. The molecule has 0 saturated heterocycles. The summed E-state index contributed by atoms with van der Waals surface area (Å²) in [5, 5.41) is 19.8. The van der Waals surface area contributed by atoms with E-state index in [0.29, 0.717) is 16.2 Å². The second-order valence-corrected chi connectivity index (χ2v) is 4.95. The van der Waals surface area contributed by atoms with Crippen LogP contribution in [0.4, 0.5) is 5.82 Å². The van der Waals surface area contributed by atoms with Crippen molar-refractivity contribution in [2.24, 2.45) is 0 Å². The second kappa shape index (κ2) is 4.31. The number of aliphatic hydroxyl groups is 2. The molecule has 0 saturated carbocycles. The zero-order chi connectivity index (χ0) is 13.7. The number of imidazole rings is 1. The van der Waals surface area contributed by atoms with Crippen molar-refractivity contribution >= 4 is 40.2 Å². The van der Waals surface area contributed by atoms with E-state index in [9.17, 15) is 10.2 Å². The number of hydrogen-bond acceptors (Lipinski definition) is 6. The third-order valence-corrected chi connectivity index (χ3v) is 3.53. The molecule has 19 heavy (non-hydrogen) atoms. The average molecular weight is 302 g/mol. The summed E-state index contributed by atoms with van der Waals surface area (Å²) < 4.78 is 1.51. The summed E-state index contributed by atoms with van der Waals surface area (Å²) in [5.41, 5.74) is 6.41. The predicted molar refractivity (Wildman–Crippen MR) is 69.7 cm³/mol. The van der Waals surface area contributed by atoms with Crippen LogP contribution in [0.2, 0.25) is 5.28 Å². The van der Waals surface area contributed by atoms with Gasteiger partial charge in [0.05, 0.1) is 6.33 Å². The lowest BCUT2D eigenvalue weighted by molar-refractivity contribution is 0.0370. The number of rotatable bonds is 1. The van der Waals surface area contributed by atoms with E-state index in [0.717, 1.165) is 0 Å². The molecule has 1 aliphatic carbocycles. The number of hydrogen-bond donors (Lipinski definition) is 3. The summed E-state index contributed by atoms with van der Waals surface area (Å²) in [4.78, 5) is 11.9. The van der Waals surface area contributed by atoms with Crippen molar-refractivity contribution in [3.8, 4) is 0 Å². The normalized spacial score (nSPS) is 26.9. The third-order valence-electron chi connectivity index (χ3n) is 3.01. The first-order valence-electron chi connectivity index (χ1n) is 5.38. The maximum Gasteiger partial charge on any atom is 0.226 e. The fourth-order valence-electron chi connectivity index (χ4n) is 2.12. The van der Waals surface area contributed by atoms with Gasteiger partial charge >= 0.3 is 0 Å². The van der Waals surface area contributed by atoms with Crippen molar-refractivity contribution in [1.82, 2.24) is 19.5 Å². The summed E-state index contributed by atoms with van der Waals surface area (Å²) in [6.45, 7) is 0. The van der Waals surface area contributed by atoms with Crippen LogP contribution in [-0.2, 0) is 0 Å². The summed E-state index contributed by atoms with van der Waals surface area (Å²) in [6.07, 6.45) is 0.674. The van der Waals surface area contributed by atoms with Crippen LogP contribution in [0, 0.1) is 0 Å². The molecular formula is C10H9Cl2N5O2. The first-order valence-corrected chi connectivity index (χ1v) is 6.13. The Morgan fingerprint density at radius 1 is 1.26 bits per heavy atom. The number of aromatic nitrogens is 4. The van der Waals surface area contributed by atoms with Gasteiger partial charge in [-0.3, -0.25) is 0 Å². The van der Waals surface area contributed by atoms with Crippen LogP contribution in [0.1, 0.15) is 6.04 Å². The Bertz CT molecular complexity index is 686. The smallest absolute Gasteiger partial charge is 0.226 e. The first kappa shape index (κ1) is 12.6. The van der Waals surface area contributed by atoms with E-state index >= 15 is 0 Å². The number of nitrogen functional groups attached to an aromatic ring is 1. The average Bonchev–Trinajstić information content (AvgIpc) is 2.82. The highest BCUT2D eigenvalue weighted by atomic mass is 35.5. The minimum Gasteiger partial charge on any atom is -0.388 e. The second-order valence-electron chi connectivity index (χ2n) is 4.18. The molecule has 2 heterocycles. The molecule has 100 valence electrons. The monoisotopic (exact) mass is 301 g/mol. The maximum absolute atomic E-state index is 9.95. The number of anilines is 1. The van der Waals surface area contributed by atoms with Crippen LogP contribution in [0.15, 0.2) is 17.4 Å². The maximum atomic E-state index is 9.95. The topological polar surface area (TPSA) is 110 Å². The molecule has 0 aromatic carbocycles. The Hall–Kier alpha value is -1.41. The Balaban J connectivity index is 2.19. The number of halogens is 2. The van der Waals surface area contributed by atoms with E-state index in [1.54, 1.807) is 0 Å². The highest BCUT2D eigenvalue weighted by Gasteiger charge is 2.36. The molecule has 7 nitrogen and oxygen atoms in total. The number of aliphatic hydroxyl groups excluding tert-OH is 2. The van der Waals surface area contributed by atoms with Gasteiger partial charge in [0.15, 0.2) is 11.5 Å². The van der Waals surface area contributed by atoms with E-state index in [1.807, 2.05) is 0 Å². The van der Waals surface area contributed by atoms with Crippen LogP contribution < -0.4 is 5.73 Å². The first-order chi connectivity index (χ1) is 8.99. The molecule has 0 fully saturated rings. The molecule has 0 bridgehead atoms. The minimum absolute atomic E-state index is 0.0279. The minimum atomic E-state index is -1.08. The third kappa shape index (κ3) is 1.86. The fourth-order valence-corrected chi connectivity index (χ4v) is 2.66. The molecule has 3 atom stereocenters. The largest absolute Gasteiger partial charge is 0.388 e. The number of nitrogens with two attached hydrogens (primary N) is 1. The molecule has 3 unspecified atom stereocenters. The van der Waals surface area contributed by atoms with Crippen molar-refractivity contribution < 1.29 is 10.2 Å². The molecule has 0 radical (unpaired) electrons. The molecule has 9 heteroatoms. The summed E-state index contributed by atoms with van der Waals surface area (Å²) in [7, 11) is 0. The lowest BCUT2D eigenvalue weighted by Gasteiger charge is -2.19. The lowest BCUT2D eigenvalue weighted by Crippen LogP contribution is -2.28. The molecule has 3 rings (SSSR count). The Labute approximate surface area is 117 Å². The molecule has 0 amide bonds. The predicted octanol–water partition coefficient (Wildman–Crippen LogP) is 0.461. The standard InChI is InChI=1S/C10H9Cl2N5O2/c11-3-1-4(18)7(19)6(3)17-2-14-5-8(13)15-10(12)16-9(5)17/h1-2,4,6-7,18-19H,(H2,13,15,16). The molecular weight excluding hydrogens is 293 g/mol. The van der Waals surface area contributed by atoms with E-state index in [1.165, 1.54) is 17.0 Å². The van der Waals surface area contributed by atoms with Crippen molar-refractivity contribution in [3.05, 3.63) is 22.7 Å². The van der Waals surface area contributed by atoms with Crippen molar-refractivity contribution in [2.45, 2.75) is 18.2 Å². The molecule has 0 spiro atoms. The van der Waals surface area contributed by atoms with Crippen LogP contribution >= 0.6 is 23.2 Å². The van der Waals surface area contributed by atoms with Crippen LogP contribution in [0.3, 0.4) is 0 Å². The highest BCUT2D eigenvalue weighted by Crippen LogP contribution is 2.36. The Morgan fingerprint density at radius 3 is 2.63 bits per heavy atom. The summed E-state index contributed by atoms with van der Waals surface area (Å²) in [6, 6.07) is -0.674. The SMILES string of the molecule is Nc1nc(Cl)nc2c1ncn2C1C(Cl)=CC(O)C1O. The highest BCUT2D eigenvalue weighted by molar-refractivity contribution is 6.30. The van der Waals surface area contributed by atoms with Gasteiger partial charge in [-0.2, -0.15) is 9.97 Å². The zero-order valence-corrected chi connectivity index (χ0v) is 10.9. The van der Waals surface area contributed by atoms with Gasteiger partial charge in [0.25, 0.3) is 0 Å². The fraction of sp³-hybridized carbons (Fsp3) is 0.300. The summed E-state index contributed by atoms with van der Waals surface area (Å²) in [5.74, 6) is 0.141. The molecule has 0 aliphatic heterocycles. The van der Waals surface area contributed by atoms with E-state index in [-0.39, 0.29) is 11.1 Å². The Morgan fingerprint density at radius 2 is 2.00 bits per heavy atom. The van der Waals surface area contributed by atoms with Crippen molar-refractivity contribution in [2.75, 3.05) is 5.73 Å². The van der Waals surface area contributed by atoms with E-state index in [4.69, 9.17) is 28.9 Å². The summed E-state index contributed by atoms with van der Waals surface area (Å²) >= 11 is 11.8. The van der Waals surface area contributed by atoms with Gasteiger partial charge in [0.2, 0.25) is 5.28 Å². The lowest BCUT2D eigenvalue weighted by atomic mass is 10.2. The van der Waals surface area contributed by atoms with Crippen molar-refractivity contribution in [3.63, 3.8) is 0 Å². The molecule has 4 N–H and O–H groups in total.